The quantitative estimate of drug-likeness (QED) is 0.715. The summed E-state index contributed by atoms with van der Waals surface area (Å²) in [4.78, 5) is 18.4. The maximum Gasteiger partial charge on any atom is 0.227 e. The highest BCUT2D eigenvalue weighted by Crippen LogP contribution is 2.26. The van der Waals surface area contributed by atoms with Gasteiger partial charge in [-0.25, -0.2) is 0 Å². The average Bonchev–Trinajstić information content (AvgIpc) is 3.04. The molecular weight excluding hydrogens is 320 g/mol. The van der Waals surface area contributed by atoms with Gasteiger partial charge in [0, 0.05) is 42.5 Å². The second-order valence-corrected chi connectivity index (χ2v) is 5.70. The van der Waals surface area contributed by atoms with Gasteiger partial charge in [0.2, 0.25) is 5.91 Å². The summed E-state index contributed by atoms with van der Waals surface area (Å²) in [5.41, 5.74) is 2.42. The SMILES string of the molecule is COc1ccc2c(CC(=O)N(CCO)Cc3cccnc3)coc2c1. The number of nitrogens with zero attached hydrogens (tertiary/aromatic N) is 2. The number of carbonyl (C=O) groups is 1. The molecule has 0 unspecified atom stereocenters. The maximum atomic E-state index is 12.7. The summed E-state index contributed by atoms with van der Waals surface area (Å²) in [5.74, 6) is 0.634. The number of pyridine rings is 1. The molecule has 2 heterocycles. The van der Waals surface area contributed by atoms with Gasteiger partial charge in [-0.15, -0.1) is 0 Å². The Morgan fingerprint density at radius 2 is 2.24 bits per heavy atom. The van der Waals surface area contributed by atoms with E-state index in [1.54, 1.807) is 36.7 Å². The third kappa shape index (κ3) is 3.97. The molecule has 25 heavy (non-hydrogen) atoms. The third-order valence-electron chi connectivity index (χ3n) is 4.02. The Hall–Kier alpha value is -2.86. The summed E-state index contributed by atoms with van der Waals surface area (Å²) < 4.78 is 10.7. The third-order valence-corrected chi connectivity index (χ3v) is 4.02. The van der Waals surface area contributed by atoms with Crippen LogP contribution in [0, 0.1) is 0 Å². The van der Waals surface area contributed by atoms with E-state index in [9.17, 15) is 9.90 Å². The molecule has 0 spiro atoms. The molecule has 3 aromatic rings. The minimum atomic E-state index is -0.0880. The van der Waals surface area contributed by atoms with Crippen LogP contribution >= 0.6 is 0 Å². The van der Waals surface area contributed by atoms with Crippen molar-refractivity contribution in [2.45, 2.75) is 13.0 Å². The van der Waals surface area contributed by atoms with E-state index in [-0.39, 0.29) is 25.5 Å². The lowest BCUT2D eigenvalue weighted by molar-refractivity contribution is -0.131. The van der Waals surface area contributed by atoms with Crippen LogP contribution in [0.1, 0.15) is 11.1 Å². The van der Waals surface area contributed by atoms with Crippen LogP contribution in [0.15, 0.2) is 53.4 Å². The highest BCUT2D eigenvalue weighted by Gasteiger charge is 2.17. The van der Waals surface area contributed by atoms with Crippen LogP contribution in [-0.2, 0) is 17.8 Å². The predicted molar refractivity (Wildman–Crippen MR) is 93.2 cm³/mol. The number of aliphatic hydroxyl groups excluding tert-OH is 1. The highest BCUT2D eigenvalue weighted by molar-refractivity contribution is 5.88. The first-order valence-electron chi connectivity index (χ1n) is 8.03. The van der Waals surface area contributed by atoms with Crippen LogP contribution in [0.5, 0.6) is 5.75 Å². The Bertz CT molecular complexity index is 845. The highest BCUT2D eigenvalue weighted by atomic mass is 16.5. The van der Waals surface area contributed by atoms with Gasteiger partial charge in [-0.1, -0.05) is 6.07 Å². The molecule has 0 aliphatic heterocycles. The molecule has 2 aromatic heterocycles. The van der Waals surface area contributed by atoms with Gasteiger partial charge in [0.1, 0.15) is 11.3 Å². The van der Waals surface area contributed by atoms with Crippen molar-refractivity contribution in [2.75, 3.05) is 20.3 Å². The molecule has 3 rings (SSSR count). The van der Waals surface area contributed by atoms with E-state index in [1.165, 1.54) is 0 Å². The van der Waals surface area contributed by atoms with Gasteiger partial charge in [0.05, 0.1) is 26.4 Å². The lowest BCUT2D eigenvalue weighted by atomic mass is 10.1. The van der Waals surface area contributed by atoms with Crippen molar-refractivity contribution in [3.05, 3.63) is 60.1 Å². The van der Waals surface area contributed by atoms with E-state index in [2.05, 4.69) is 4.98 Å². The molecular formula is C19H20N2O4. The monoisotopic (exact) mass is 340 g/mol. The molecule has 0 atom stereocenters. The van der Waals surface area contributed by atoms with Crippen molar-refractivity contribution in [3.63, 3.8) is 0 Å². The number of carbonyl (C=O) groups excluding carboxylic acids is 1. The van der Waals surface area contributed by atoms with Crippen LogP contribution in [-0.4, -0.2) is 41.2 Å². The van der Waals surface area contributed by atoms with E-state index in [0.29, 0.717) is 17.9 Å². The van der Waals surface area contributed by atoms with E-state index in [0.717, 1.165) is 16.5 Å². The van der Waals surface area contributed by atoms with Crippen molar-refractivity contribution in [1.82, 2.24) is 9.88 Å². The van der Waals surface area contributed by atoms with Crippen molar-refractivity contribution in [1.29, 1.82) is 0 Å². The summed E-state index contributed by atoms with van der Waals surface area (Å²) in [7, 11) is 1.60. The number of hydrogen-bond donors (Lipinski definition) is 1. The molecule has 1 N–H and O–H groups in total. The summed E-state index contributed by atoms with van der Waals surface area (Å²) >= 11 is 0. The zero-order valence-electron chi connectivity index (χ0n) is 14.0. The number of aromatic nitrogens is 1. The number of fused-ring (bicyclic) bond motifs is 1. The number of rotatable bonds is 7. The average molecular weight is 340 g/mol. The van der Waals surface area contributed by atoms with Gasteiger partial charge in [-0.3, -0.25) is 9.78 Å². The van der Waals surface area contributed by atoms with E-state index in [1.807, 2.05) is 24.3 Å². The smallest absolute Gasteiger partial charge is 0.227 e. The van der Waals surface area contributed by atoms with Crippen LogP contribution < -0.4 is 4.74 Å². The number of hydrogen-bond acceptors (Lipinski definition) is 5. The number of furan rings is 1. The van der Waals surface area contributed by atoms with Crippen LogP contribution in [0.4, 0.5) is 0 Å². The second-order valence-electron chi connectivity index (χ2n) is 5.70. The molecule has 1 aromatic carbocycles. The molecule has 6 nitrogen and oxygen atoms in total. The zero-order valence-corrected chi connectivity index (χ0v) is 14.0. The topological polar surface area (TPSA) is 75.8 Å². The fourth-order valence-corrected chi connectivity index (χ4v) is 2.73. The van der Waals surface area contributed by atoms with Crippen molar-refractivity contribution in [2.24, 2.45) is 0 Å². The summed E-state index contributed by atoms with van der Waals surface area (Å²) in [6.45, 7) is 0.601. The first kappa shape index (κ1) is 17.0. The van der Waals surface area contributed by atoms with Crippen molar-refractivity contribution < 1.29 is 19.1 Å². The summed E-state index contributed by atoms with van der Waals surface area (Å²) in [5, 5.41) is 10.2. The Balaban J connectivity index is 1.77. The standard InChI is InChI=1S/C19H20N2O4/c1-24-16-4-5-17-15(13-25-18(17)10-16)9-19(23)21(7-8-22)12-14-3-2-6-20-11-14/h2-6,10-11,13,22H,7-9,12H2,1H3. The van der Waals surface area contributed by atoms with Gasteiger partial charge in [-0.05, 0) is 23.8 Å². The fraction of sp³-hybridized carbons (Fsp3) is 0.263. The van der Waals surface area contributed by atoms with Gasteiger partial charge in [0.25, 0.3) is 0 Å². The molecule has 0 aliphatic carbocycles. The lowest BCUT2D eigenvalue weighted by Crippen LogP contribution is -2.34. The second kappa shape index (κ2) is 7.81. The van der Waals surface area contributed by atoms with Crippen LogP contribution in [0.3, 0.4) is 0 Å². The zero-order chi connectivity index (χ0) is 17.6. The lowest BCUT2D eigenvalue weighted by Gasteiger charge is -2.21. The van der Waals surface area contributed by atoms with Gasteiger partial charge >= 0.3 is 0 Å². The van der Waals surface area contributed by atoms with Crippen molar-refractivity contribution in [3.8, 4) is 5.75 Å². The minimum Gasteiger partial charge on any atom is -0.497 e. The normalized spacial score (nSPS) is 10.8. The van der Waals surface area contributed by atoms with E-state index in [4.69, 9.17) is 9.15 Å². The number of methoxy groups -OCH3 is 1. The maximum absolute atomic E-state index is 12.7. The number of benzene rings is 1. The number of ether oxygens (including phenoxy) is 1. The Morgan fingerprint density at radius 3 is 2.96 bits per heavy atom. The molecule has 0 bridgehead atoms. The van der Waals surface area contributed by atoms with Crippen LogP contribution in [0.25, 0.3) is 11.0 Å². The number of aliphatic hydroxyl groups is 1. The molecule has 1 amide bonds. The Morgan fingerprint density at radius 1 is 1.36 bits per heavy atom. The van der Waals surface area contributed by atoms with Crippen LogP contribution in [0.2, 0.25) is 0 Å². The molecule has 0 radical (unpaired) electrons. The fourth-order valence-electron chi connectivity index (χ4n) is 2.73. The molecule has 0 fully saturated rings. The van der Waals surface area contributed by atoms with Gasteiger partial charge in [0.15, 0.2) is 0 Å². The summed E-state index contributed by atoms with van der Waals surface area (Å²) in [6.07, 6.45) is 5.22. The first-order chi connectivity index (χ1) is 12.2. The first-order valence-corrected chi connectivity index (χ1v) is 8.03. The van der Waals surface area contributed by atoms with E-state index >= 15 is 0 Å². The predicted octanol–water partition coefficient (Wildman–Crippen LogP) is 2.40. The molecule has 0 saturated heterocycles. The van der Waals surface area contributed by atoms with Gasteiger partial charge in [-0.2, -0.15) is 0 Å². The Labute approximate surface area is 145 Å². The molecule has 0 saturated carbocycles. The molecule has 0 aliphatic rings. The molecule has 6 heteroatoms. The number of amides is 1. The van der Waals surface area contributed by atoms with Gasteiger partial charge < -0.3 is 19.2 Å². The van der Waals surface area contributed by atoms with Crippen molar-refractivity contribution >= 4 is 16.9 Å². The van der Waals surface area contributed by atoms with E-state index < -0.39 is 0 Å². The molecule has 130 valence electrons. The Kier molecular flexibility index (Phi) is 5.30. The largest absolute Gasteiger partial charge is 0.497 e. The summed E-state index contributed by atoms with van der Waals surface area (Å²) in [6, 6.07) is 9.26. The minimum absolute atomic E-state index is 0.0728.